The van der Waals surface area contributed by atoms with Gasteiger partial charge in [-0.1, -0.05) is 39.5 Å². The van der Waals surface area contributed by atoms with Crippen LogP contribution in [0.15, 0.2) is 27.8 Å². The first kappa shape index (κ1) is 21.6. The van der Waals surface area contributed by atoms with E-state index in [0.29, 0.717) is 29.9 Å². The van der Waals surface area contributed by atoms with E-state index >= 15 is 0 Å². The third-order valence-electron chi connectivity index (χ3n) is 4.54. The number of ether oxygens (including phenoxy) is 1. The fraction of sp³-hybridized carbons (Fsp3) is 0.571. The zero-order valence-electron chi connectivity index (χ0n) is 17.6. The van der Waals surface area contributed by atoms with Crippen LogP contribution in [0.25, 0.3) is 0 Å². The molecule has 1 aliphatic heterocycles. The zero-order valence-corrected chi connectivity index (χ0v) is 18.4. The lowest BCUT2D eigenvalue weighted by molar-refractivity contribution is 0.0920. The van der Waals surface area contributed by atoms with Gasteiger partial charge in [-0.05, 0) is 24.0 Å². The number of hydrogen-bond acceptors (Lipinski definition) is 7. The SMILES string of the molecule is CC(C)CNC(=O)c1ccc(CSc2nc(C(C)C)cc(N3CCOCC3)n2)o1. The highest BCUT2D eigenvalue weighted by atomic mass is 32.2. The summed E-state index contributed by atoms with van der Waals surface area (Å²) in [6, 6.07) is 5.63. The molecule has 0 aromatic carbocycles. The fourth-order valence-corrected chi connectivity index (χ4v) is 3.60. The monoisotopic (exact) mass is 418 g/mol. The predicted molar refractivity (Wildman–Crippen MR) is 115 cm³/mol. The molecule has 0 radical (unpaired) electrons. The highest BCUT2D eigenvalue weighted by molar-refractivity contribution is 7.98. The Morgan fingerprint density at radius 3 is 2.66 bits per heavy atom. The van der Waals surface area contributed by atoms with Gasteiger partial charge in [-0.2, -0.15) is 0 Å². The van der Waals surface area contributed by atoms with Crippen molar-refractivity contribution in [2.75, 3.05) is 37.7 Å². The number of nitrogens with zero attached hydrogens (tertiary/aromatic N) is 3. The second kappa shape index (κ2) is 10.1. The lowest BCUT2D eigenvalue weighted by Gasteiger charge is -2.28. The van der Waals surface area contributed by atoms with E-state index in [4.69, 9.17) is 19.1 Å². The van der Waals surface area contributed by atoms with Gasteiger partial charge < -0.3 is 19.4 Å². The molecule has 7 nitrogen and oxygen atoms in total. The topological polar surface area (TPSA) is 80.5 Å². The number of aromatic nitrogens is 2. The van der Waals surface area contributed by atoms with E-state index in [-0.39, 0.29) is 5.91 Å². The Morgan fingerprint density at radius 1 is 1.21 bits per heavy atom. The lowest BCUT2D eigenvalue weighted by Crippen LogP contribution is -2.37. The van der Waals surface area contributed by atoms with E-state index in [1.165, 1.54) is 11.8 Å². The minimum absolute atomic E-state index is 0.178. The van der Waals surface area contributed by atoms with E-state index in [0.717, 1.165) is 48.7 Å². The van der Waals surface area contributed by atoms with Crippen molar-refractivity contribution >= 4 is 23.5 Å². The summed E-state index contributed by atoms with van der Waals surface area (Å²) >= 11 is 1.52. The average molecular weight is 419 g/mol. The van der Waals surface area contributed by atoms with E-state index in [2.05, 4.69) is 44.0 Å². The summed E-state index contributed by atoms with van der Waals surface area (Å²) in [5.41, 5.74) is 1.03. The largest absolute Gasteiger partial charge is 0.455 e. The number of hydrogen-bond donors (Lipinski definition) is 1. The van der Waals surface area contributed by atoms with Crippen LogP contribution in [-0.2, 0) is 10.5 Å². The quantitative estimate of drug-likeness (QED) is 0.517. The first-order valence-electron chi connectivity index (χ1n) is 10.1. The van der Waals surface area contributed by atoms with Crippen molar-refractivity contribution in [2.45, 2.75) is 44.5 Å². The molecule has 0 aliphatic carbocycles. The van der Waals surface area contributed by atoms with Crippen LogP contribution in [0.4, 0.5) is 5.82 Å². The molecule has 2 aromatic heterocycles. The van der Waals surface area contributed by atoms with Gasteiger partial charge >= 0.3 is 0 Å². The van der Waals surface area contributed by atoms with Gasteiger partial charge in [0.2, 0.25) is 0 Å². The molecule has 3 rings (SSSR count). The third kappa shape index (κ3) is 6.21. The number of anilines is 1. The van der Waals surface area contributed by atoms with Crippen molar-refractivity contribution in [1.82, 2.24) is 15.3 Å². The summed E-state index contributed by atoms with van der Waals surface area (Å²) in [7, 11) is 0. The van der Waals surface area contributed by atoms with Crippen LogP contribution in [0.2, 0.25) is 0 Å². The van der Waals surface area contributed by atoms with E-state index in [1.54, 1.807) is 6.07 Å². The number of furan rings is 1. The number of rotatable bonds is 8. The zero-order chi connectivity index (χ0) is 20.8. The van der Waals surface area contributed by atoms with Gasteiger partial charge in [0.15, 0.2) is 10.9 Å². The van der Waals surface area contributed by atoms with Gasteiger partial charge in [-0.3, -0.25) is 4.79 Å². The highest BCUT2D eigenvalue weighted by Crippen LogP contribution is 2.26. The van der Waals surface area contributed by atoms with Crippen LogP contribution in [0.1, 0.15) is 55.6 Å². The standard InChI is InChI=1S/C21H30N4O3S/c1-14(2)12-22-20(26)18-6-5-16(28-18)13-29-21-23-17(15(3)4)11-19(24-21)25-7-9-27-10-8-25/h5-6,11,14-15H,7-10,12-13H2,1-4H3,(H,22,26). The fourth-order valence-electron chi connectivity index (χ4n) is 2.84. The molecule has 3 heterocycles. The van der Waals surface area contributed by atoms with Crippen LogP contribution >= 0.6 is 11.8 Å². The first-order valence-corrected chi connectivity index (χ1v) is 11.1. The second-order valence-electron chi connectivity index (χ2n) is 7.85. The smallest absolute Gasteiger partial charge is 0.287 e. The Labute approximate surface area is 176 Å². The maximum Gasteiger partial charge on any atom is 0.287 e. The molecular weight excluding hydrogens is 388 g/mol. The molecule has 29 heavy (non-hydrogen) atoms. The van der Waals surface area contributed by atoms with E-state index < -0.39 is 0 Å². The summed E-state index contributed by atoms with van der Waals surface area (Å²) in [5.74, 6) is 3.13. The van der Waals surface area contributed by atoms with E-state index in [9.17, 15) is 4.79 Å². The van der Waals surface area contributed by atoms with Crippen molar-refractivity contribution in [3.05, 3.63) is 35.4 Å². The summed E-state index contributed by atoms with van der Waals surface area (Å²) in [6.45, 7) is 12.1. The Hall–Kier alpha value is -2.06. The van der Waals surface area contributed by atoms with Gasteiger partial charge in [0.25, 0.3) is 5.91 Å². The maximum atomic E-state index is 12.1. The number of nitrogens with one attached hydrogen (secondary N) is 1. The summed E-state index contributed by atoms with van der Waals surface area (Å²) < 4.78 is 11.2. The van der Waals surface area contributed by atoms with Crippen LogP contribution in [0.5, 0.6) is 0 Å². The number of thioether (sulfide) groups is 1. The van der Waals surface area contributed by atoms with Crippen molar-refractivity contribution in [2.24, 2.45) is 5.92 Å². The highest BCUT2D eigenvalue weighted by Gasteiger charge is 2.17. The van der Waals surface area contributed by atoms with Crippen LogP contribution < -0.4 is 10.2 Å². The third-order valence-corrected chi connectivity index (χ3v) is 5.41. The summed E-state index contributed by atoms with van der Waals surface area (Å²) in [5, 5.41) is 3.59. The average Bonchev–Trinajstić information content (AvgIpc) is 3.20. The normalized spacial score (nSPS) is 14.6. The van der Waals surface area contributed by atoms with Crippen molar-refractivity contribution in [3.63, 3.8) is 0 Å². The van der Waals surface area contributed by atoms with Crippen molar-refractivity contribution in [3.8, 4) is 0 Å². The molecule has 0 atom stereocenters. The van der Waals surface area contributed by atoms with E-state index in [1.807, 2.05) is 6.07 Å². The van der Waals surface area contributed by atoms with Gasteiger partial charge in [0.1, 0.15) is 11.6 Å². The predicted octanol–water partition coefficient (Wildman–Crippen LogP) is 3.71. The Balaban J connectivity index is 1.67. The summed E-state index contributed by atoms with van der Waals surface area (Å²) in [4.78, 5) is 23.8. The molecule has 1 amide bonds. The molecule has 1 fully saturated rings. The number of carbonyl (C=O) groups excluding carboxylic acids is 1. The number of amides is 1. The Morgan fingerprint density at radius 2 is 1.97 bits per heavy atom. The molecule has 1 saturated heterocycles. The molecule has 1 N–H and O–H groups in total. The maximum absolute atomic E-state index is 12.1. The Bertz CT molecular complexity index is 816. The minimum atomic E-state index is -0.178. The molecule has 8 heteroatoms. The Kier molecular flexibility index (Phi) is 7.55. The second-order valence-corrected chi connectivity index (χ2v) is 8.79. The molecule has 0 unspecified atom stereocenters. The van der Waals surface area contributed by atoms with Crippen molar-refractivity contribution < 1.29 is 13.9 Å². The van der Waals surface area contributed by atoms with Crippen molar-refractivity contribution in [1.29, 1.82) is 0 Å². The summed E-state index contributed by atoms with van der Waals surface area (Å²) in [6.07, 6.45) is 0. The molecule has 2 aromatic rings. The molecule has 0 bridgehead atoms. The molecular formula is C21H30N4O3S. The number of carbonyl (C=O) groups is 1. The molecule has 158 valence electrons. The first-order chi connectivity index (χ1) is 13.9. The van der Waals surface area contributed by atoms with Gasteiger partial charge in [-0.15, -0.1) is 0 Å². The molecule has 1 aliphatic rings. The number of morpholine rings is 1. The van der Waals surface area contributed by atoms with Crippen LogP contribution in [-0.4, -0.2) is 48.7 Å². The van der Waals surface area contributed by atoms with Gasteiger partial charge in [-0.25, -0.2) is 9.97 Å². The van der Waals surface area contributed by atoms with Gasteiger partial charge in [0.05, 0.1) is 19.0 Å². The molecule has 0 spiro atoms. The van der Waals surface area contributed by atoms with Gasteiger partial charge in [0, 0.05) is 31.4 Å². The van der Waals surface area contributed by atoms with Crippen LogP contribution in [0, 0.1) is 5.92 Å². The lowest BCUT2D eigenvalue weighted by atomic mass is 10.1. The molecule has 0 saturated carbocycles. The van der Waals surface area contributed by atoms with Crippen LogP contribution in [0.3, 0.4) is 0 Å². The minimum Gasteiger partial charge on any atom is -0.455 e.